The van der Waals surface area contributed by atoms with Gasteiger partial charge >= 0.3 is 5.97 Å². The van der Waals surface area contributed by atoms with E-state index in [1.54, 1.807) is 0 Å². The van der Waals surface area contributed by atoms with Crippen LogP contribution in [0.2, 0.25) is 0 Å². The van der Waals surface area contributed by atoms with E-state index in [9.17, 15) is 4.79 Å². The molecule has 0 aromatic heterocycles. The van der Waals surface area contributed by atoms with Crippen LogP contribution in [0.3, 0.4) is 0 Å². The Kier molecular flexibility index (Phi) is 6.67. The molecule has 0 aromatic carbocycles. The van der Waals surface area contributed by atoms with Crippen molar-refractivity contribution in [2.75, 3.05) is 6.61 Å². The van der Waals surface area contributed by atoms with Gasteiger partial charge in [0.25, 0.3) is 0 Å². The fourth-order valence-electron chi connectivity index (χ4n) is 0.318. The van der Waals surface area contributed by atoms with Crippen LogP contribution in [0.4, 0.5) is 0 Å². The van der Waals surface area contributed by atoms with E-state index in [4.69, 9.17) is 46.4 Å². The fraction of sp³-hybridized carbons (Fsp3) is 0.167. The highest BCUT2D eigenvalue weighted by molar-refractivity contribution is 6.56. The lowest BCUT2D eigenvalue weighted by Gasteiger charge is -1.95. The third kappa shape index (κ3) is 8.21. The van der Waals surface area contributed by atoms with Crippen LogP contribution in [0, 0.1) is 0 Å². The lowest BCUT2D eigenvalue weighted by atomic mass is 10.6. The molecule has 0 saturated heterocycles. The van der Waals surface area contributed by atoms with E-state index in [1.165, 1.54) is 6.08 Å². The molecule has 0 aromatic rings. The second-order valence-electron chi connectivity index (χ2n) is 1.56. The van der Waals surface area contributed by atoms with Crippen molar-refractivity contribution in [2.24, 2.45) is 0 Å². The average molecular weight is 250 g/mol. The van der Waals surface area contributed by atoms with Gasteiger partial charge in [0.05, 0.1) is 6.08 Å². The first-order valence-electron chi connectivity index (χ1n) is 2.73. The van der Waals surface area contributed by atoms with Gasteiger partial charge in [-0.2, -0.15) is 0 Å². The van der Waals surface area contributed by atoms with Crippen molar-refractivity contribution in [3.05, 3.63) is 21.1 Å². The normalized spacial score (nSPS) is 8.67. The molecule has 0 unspecified atom stereocenters. The van der Waals surface area contributed by atoms with Crippen LogP contribution in [0.5, 0.6) is 0 Å². The molecule has 0 bridgehead atoms. The minimum atomic E-state index is -0.652. The van der Waals surface area contributed by atoms with Crippen molar-refractivity contribution in [1.29, 1.82) is 0 Å². The minimum absolute atomic E-state index is 0.0152. The number of carbonyl (C=O) groups excluding carboxylic acids is 1. The second-order valence-corrected chi connectivity index (χ2v) is 3.57. The summed E-state index contributed by atoms with van der Waals surface area (Å²) in [4.78, 5) is 10.7. The van der Waals surface area contributed by atoms with Crippen LogP contribution < -0.4 is 0 Å². The Morgan fingerprint density at radius 1 is 1.17 bits per heavy atom. The summed E-state index contributed by atoms with van der Waals surface area (Å²) in [5, 5.41) is 0. The number of ether oxygens (including phenoxy) is 1. The first kappa shape index (κ1) is 12.1. The van der Waals surface area contributed by atoms with Gasteiger partial charge in [-0.25, -0.2) is 4.79 Å². The Bertz CT molecular complexity index is 214. The Morgan fingerprint density at radius 2 is 1.75 bits per heavy atom. The van der Waals surface area contributed by atoms with E-state index >= 15 is 0 Å². The van der Waals surface area contributed by atoms with Gasteiger partial charge in [-0.15, -0.1) is 0 Å². The number of hydrogen-bond acceptors (Lipinski definition) is 2. The largest absolute Gasteiger partial charge is 0.458 e. The molecule has 6 heteroatoms. The lowest BCUT2D eigenvalue weighted by molar-refractivity contribution is -0.136. The molecule has 0 aliphatic heterocycles. The number of carbonyl (C=O) groups is 1. The van der Waals surface area contributed by atoms with Crippen LogP contribution >= 0.6 is 46.4 Å². The van der Waals surface area contributed by atoms with Crippen LogP contribution in [0.1, 0.15) is 0 Å². The molecule has 68 valence electrons. The molecular weight excluding hydrogens is 246 g/mol. The van der Waals surface area contributed by atoms with Gasteiger partial charge in [0.15, 0.2) is 0 Å². The van der Waals surface area contributed by atoms with Gasteiger partial charge in [-0.1, -0.05) is 46.4 Å². The van der Waals surface area contributed by atoms with E-state index < -0.39 is 5.97 Å². The van der Waals surface area contributed by atoms with E-state index in [1.807, 2.05) is 0 Å². The minimum Gasteiger partial charge on any atom is -0.458 e. The molecule has 0 fully saturated rings. The maximum Gasteiger partial charge on any atom is 0.333 e. The van der Waals surface area contributed by atoms with Gasteiger partial charge < -0.3 is 4.74 Å². The Morgan fingerprint density at radius 3 is 2.17 bits per heavy atom. The van der Waals surface area contributed by atoms with Gasteiger partial charge in [0.2, 0.25) is 0 Å². The first-order valence-corrected chi connectivity index (χ1v) is 4.24. The van der Waals surface area contributed by atoms with Crippen LogP contribution in [0.25, 0.3) is 0 Å². The highest BCUT2D eigenvalue weighted by atomic mass is 35.5. The molecule has 0 rings (SSSR count). The number of esters is 1. The molecule has 0 saturated carbocycles. The summed E-state index contributed by atoms with van der Waals surface area (Å²) in [7, 11) is 0. The summed E-state index contributed by atoms with van der Waals surface area (Å²) < 4.78 is 4.40. The highest BCUT2D eigenvalue weighted by Crippen LogP contribution is 2.07. The predicted octanol–water partition coefficient (Wildman–Crippen LogP) is 3.17. The number of rotatable bonds is 3. The lowest BCUT2D eigenvalue weighted by Crippen LogP contribution is -2.00. The standard InChI is InChI=1S/C6H4Cl4O2/c7-4(8)1-2-12-6(11)3-5(9)10/h1,3H,2H2. The molecule has 0 heterocycles. The van der Waals surface area contributed by atoms with Crippen LogP contribution in [0.15, 0.2) is 21.1 Å². The molecule has 0 N–H and O–H groups in total. The molecule has 0 aliphatic carbocycles. The van der Waals surface area contributed by atoms with Gasteiger partial charge in [0, 0.05) is 0 Å². The van der Waals surface area contributed by atoms with E-state index in [0.29, 0.717) is 0 Å². The summed E-state index contributed by atoms with van der Waals surface area (Å²) in [6.45, 7) is -0.0152. The Hall–Kier alpha value is 0.110. The molecule has 12 heavy (non-hydrogen) atoms. The predicted molar refractivity (Wildman–Crippen MR) is 50.5 cm³/mol. The third-order valence-corrected chi connectivity index (χ3v) is 1.22. The zero-order chi connectivity index (χ0) is 9.56. The zero-order valence-corrected chi connectivity index (χ0v) is 8.71. The van der Waals surface area contributed by atoms with Gasteiger partial charge in [0.1, 0.15) is 15.6 Å². The summed E-state index contributed by atoms with van der Waals surface area (Å²) in [6, 6.07) is 0. The quantitative estimate of drug-likeness (QED) is 0.567. The maximum atomic E-state index is 10.7. The van der Waals surface area contributed by atoms with Crippen LogP contribution in [-0.2, 0) is 9.53 Å². The van der Waals surface area contributed by atoms with Crippen molar-refractivity contribution >= 4 is 52.4 Å². The molecule has 0 aliphatic rings. The van der Waals surface area contributed by atoms with Crippen molar-refractivity contribution in [3.8, 4) is 0 Å². The third-order valence-electron chi connectivity index (χ3n) is 0.690. The number of halogens is 4. The molecular formula is C6H4Cl4O2. The smallest absolute Gasteiger partial charge is 0.333 e. The number of hydrogen-bond donors (Lipinski definition) is 0. The summed E-state index contributed by atoms with van der Waals surface area (Å²) >= 11 is 20.8. The molecule has 0 spiro atoms. The van der Waals surface area contributed by atoms with E-state index in [0.717, 1.165) is 6.08 Å². The highest BCUT2D eigenvalue weighted by Gasteiger charge is 1.97. The van der Waals surface area contributed by atoms with Crippen molar-refractivity contribution in [1.82, 2.24) is 0 Å². The monoisotopic (exact) mass is 248 g/mol. The Labute approximate surface area is 89.7 Å². The van der Waals surface area contributed by atoms with Gasteiger partial charge in [-0.05, 0) is 6.08 Å². The molecule has 0 radical (unpaired) electrons. The maximum absolute atomic E-state index is 10.7. The Balaban J connectivity index is 3.74. The SMILES string of the molecule is O=C(C=C(Cl)Cl)OCC=C(Cl)Cl. The van der Waals surface area contributed by atoms with Crippen molar-refractivity contribution in [3.63, 3.8) is 0 Å². The fourth-order valence-corrected chi connectivity index (χ4v) is 0.622. The molecule has 2 nitrogen and oxygen atoms in total. The van der Waals surface area contributed by atoms with Crippen molar-refractivity contribution in [2.45, 2.75) is 0 Å². The summed E-state index contributed by atoms with van der Waals surface area (Å²) in [5.41, 5.74) is 0. The topological polar surface area (TPSA) is 26.3 Å². The van der Waals surface area contributed by atoms with Crippen LogP contribution in [-0.4, -0.2) is 12.6 Å². The first-order chi connectivity index (χ1) is 5.52. The van der Waals surface area contributed by atoms with E-state index in [-0.39, 0.29) is 15.6 Å². The van der Waals surface area contributed by atoms with Crippen molar-refractivity contribution < 1.29 is 9.53 Å². The second kappa shape index (κ2) is 6.61. The average Bonchev–Trinajstić information content (AvgIpc) is 1.84. The zero-order valence-electron chi connectivity index (χ0n) is 5.69. The molecule has 0 amide bonds. The summed E-state index contributed by atoms with van der Waals surface area (Å²) in [5.74, 6) is -0.652. The molecule has 0 atom stereocenters. The van der Waals surface area contributed by atoms with E-state index in [2.05, 4.69) is 4.74 Å². The summed E-state index contributed by atoms with van der Waals surface area (Å²) in [6.07, 6.45) is 2.25. The van der Waals surface area contributed by atoms with Gasteiger partial charge in [-0.3, -0.25) is 0 Å².